The summed E-state index contributed by atoms with van der Waals surface area (Å²) in [6, 6.07) is 0.733. The lowest BCUT2D eigenvalue weighted by Crippen LogP contribution is -2.69. The molecule has 49 heavy (non-hydrogen) atoms. The van der Waals surface area contributed by atoms with E-state index in [1.54, 1.807) is 0 Å². The van der Waals surface area contributed by atoms with Crippen molar-refractivity contribution in [3.05, 3.63) is 11.9 Å². The van der Waals surface area contributed by atoms with Gasteiger partial charge in [-0.25, -0.2) is 5.43 Å². The zero-order chi connectivity index (χ0) is 36.3. The van der Waals surface area contributed by atoms with Gasteiger partial charge in [-0.1, -0.05) is 18.1 Å². The Kier molecular flexibility index (Phi) is 12.9. The van der Waals surface area contributed by atoms with Crippen LogP contribution in [0, 0.1) is 5.92 Å². The molecule has 0 aromatic heterocycles. The number of amidine groups is 1. The van der Waals surface area contributed by atoms with Gasteiger partial charge < -0.3 is 31.9 Å². The molecule has 0 atom stereocenters. The molecule has 0 spiro atoms. The molecule has 4 heterocycles. The number of hydrogen-bond donors (Lipinski definition) is 8. The van der Waals surface area contributed by atoms with Crippen LogP contribution in [-0.2, 0) is 0 Å². The fourth-order valence-corrected chi connectivity index (χ4v) is 10.3. The third kappa shape index (κ3) is 12.6. The van der Waals surface area contributed by atoms with Gasteiger partial charge in [0.2, 0.25) is 0 Å². The van der Waals surface area contributed by atoms with Gasteiger partial charge in [0.1, 0.15) is 11.7 Å². The fourth-order valence-electron chi connectivity index (χ4n) is 10.3. The highest BCUT2D eigenvalue weighted by atomic mass is 15.9. The highest BCUT2D eigenvalue weighted by molar-refractivity contribution is 5.93. The topological polar surface area (TPSA) is 129 Å². The van der Waals surface area contributed by atoms with E-state index in [0.29, 0.717) is 25.2 Å². The van der Waals surface area contributed by atoms with E-state index in [4.69, 9.17) is 10.7 Å². The molecule has 0 bridgehead atoms. The number of nitrogens with two attached hydrogens (primary N) is 1. The number of nitrogens with zero attached hydrogens (tertiary/aromatic N) is 3. The first-order chi connectivity index (χ1) is 22.6. The largest absolute Gasteiger partial charge is 0.351 e. The first kappa shape index (κ1) is 40.3. The maximum atomic E-state index is 5.71. The van der Waals surface area contributed by atoms with Crippen molar-refractivity contribution in [2.45, 2.75) is 186 Å². The van der Waals surface area contributed by atoms with Crippen molar-refractivity contribution in [2.24, 2.45) is 16.6 Å². The predicted molar refractivity (Wildman–Crippen MR) is 207 cm³/mol. The summed E-state index contributed by atoms with van der Waals surface area (Å²) in [5, 5.41) is 17.1. The van der Waals surface area contributed by atoms with Crippen LogP contribution in [0.1, 0.15) is 141 Å². The zero-order valence-corrected chi connectivity index (χ0v) is 33.6. The van der Waals surface area contributed by atoms with Crippen molar-refractivity contribution < 1.29 is 0 Å². The quantitative estimate of drug-likeness (QED) is 0.126. The lowest BCUT2D eigenvalue weighted by molar-refractivity contribution is -0.00796. The molecule has 9 N–H and O–H groups in total. The van der Waals surface area contributed by atoms with E-state index in [0.717, 1.165) is 69.3 Å². The molecule has 3 fully saturated rings. The summed E-state index contributed by atoms with van der Waals surface area (Å²) < 4.78 is 0. The van der Waals surface area contributed by atoms with Crippen LogP contribution in [-0.4, -0.2) is 94.0 Å². The lowest BCUT2D eigenvalue weighted by Gasteiger charge is -2.56. The Morgan fingerprint density at radius 3 is 1.67 bits per heavy atom. The highest BCUT2D eigenvalue weighted by Gasteiger charge is 2.47. The van der Waals surface area contributed by atoms with E-state index in [9.17, 15) is 0 Å². The molecular formula is C38H77N11. The second kappa shape index (κ2) is 15.6. The number of hydrogen-bond acceptors (Lipinski definition) is 10. The standard InChI is InChI=1S/C38H77N11/c1-33(2)22-28(23-34(3,4)45-33)15-13-14-17-42-49-43-31(41-20-19-40-18-16-39)21-32(44-49)48(29-24-35(5,6)46-36(7,8)25-29)30-26-37(9,10)47-38(11,12)27-30/h21,28-30,40,42,44-47H,13-20,22-27,39H2,1-12H3,(H,41,43). The van der Waals surface area contributed by atoms with Crippen molar-refractivity contribution in [3.63, 3.8) is 0 Å². The van der Waals surface area contributed by atoms with Gasteiger partial charge in [-0.05, 0) is 134 Å². The van der Waals surface area contributed by atoms with Gasteiger partial charge in [0, 0.05) is 77.6 Å². The average molecular weight is 688 g/mol. The molecule has 0 aromatic rings. The molecule has 0 radical (unpaired) electrons. The molecule has 11 heteroatoms. The number of aliphatic imine (C=N–C) groups is 1. The number of rotatable bonds is 14. The van der Waals surface area contributed by atoms with Gasteiger partial charge in [-0.15, -0.1) is 0 Å². The van der Waals surface area contributed by atoms with E-state index < -0.39 is 0 Å². The maximum absolute atomic E-state index is 5.71. The Labute approximate surface area is 300 Å². The van der Waals surface area contributed by atoms with Crippen molar-refractivity contribution >= 4 is 5.84 Å². The molecule has 3 saturated heterocycles. The van der Waals surface area contributed by atoms with E-state index in [1.807, 2.05) is 5.23 Å². The van der Waals surface area contributed by atoms with E-state index in [1.165, 1.54) is 25.7 Å². The predicted octanol–water partition coefficient (Wildman–Crippen LogP) is 4.25. The molecule has 4 aliphatic heterocycles. The Bertz CT molecular complexity index is 1050. The van der Waals surface area contributed by atoms with Crippen LogP contribution >= 0.6 is 0 Å². The van der Waals surface area contributed by atoms with Gasteiger partial charge in [0.15, 0.2) is 0 Å². The fraction of sp³-hybridized carbons (Fsp3) is 0.921. The minimum atomic E-state index is 0.0262. The third-order valence-electron chi connectivity index (χ3n) is 10.6. The monoisotopic (exact) mass is 688 g/mol. The normalized spacial score (nSPS) is 27.7. The summed E-state index contributed by atoms with van der Waals surface area (Å²) in [7, 11) is 0. The van der Waals surface area contributed by atoms with E-state index in [2.05, 4.69) is 132 Å². The molecule has 0 unspecified atom stereocenters. The van der Waals surface area contributed by atoms with Crippen LogP contribution in [0.4, 0.5) is 0 Å². The minimum Gasteiger partial charge on any atom is -0.351 e. The van der Waals surface area contributed by atoms with Crippen LogP contribution in [0.2, 0.25) is 0 Å². The van der Waals surface area contributed by atoms with Crippen molar-refractivity contribution in [1.82, 2.24) is 47.7 Å². The molecule has 284 valence electrons. The van der Waals surface area contributed by atoms with Gasteiger partial charge >= 0.3 is 0 Å². The maximum Gasteiger partial charge on any atom is 0.141 e. The van der Waals surface area contributed by atoms with Crippen molar-refractivity contribution in [3.8, 4) is 0 Å². The second-order valence-corrected chi connectivity index (χ2v) is 19.8. The third-order valence-corrected chi connectivity index (χ3v) is 10.6. The van der Waals surface area contributed by atoms with Gasteiger partial charge in [-0.3, -0.25) is 15.8 Å². The Hall–Kier alpha value is -1.47. The molecule has 0 saturated carbocycles. The first-order valence-electron chi connectivity index (χ1n) is 19.5. The lowest BCUT2D eigenvalue weighted by atomic mass is 9.74. The van der Waals surface area contributed by atoms with Crippen molar-refractivity contribution in [1.29, 1.82) is 0 Å². The van der Waals surface area contributed by atoms with Crippen molar-refractivity contribution in [2.75, 3.05) is 32.7 Å². The van der Waals surface area contributed by atoms with Crippen LogP contribution in [0.15, 0.2) is 16.9 Å². The van der Waals surface area contributed by atoms with E-state index >= 15 is 0 Å². The SMILES string of the molecule is CC1(C)CC(CCCCNN2NC(N(C3CC(C)(C)NC(C)(C)C3)C3CC(C)(C)NC(C)(C)C3)=CC(=NCCNCCN)N2)CC(C)(C)N1. The highest BCUT2D eigenvalue weighted by Crippen LogP contribution is 2.40. The summed E-state index contributed by atoms with van der Waals surface area (Å²) in [6.07, 6.45) is 12.6. The Morgan fingerprint density at radius 2 is 1.18 bits per heavy atom. The molecule has 0 amide bonds. The average Bonchev–Trinajstić information content (AvgIpc) is 2.87. The number of piperidine rings is 3. The number of hydrazine groups is 3. The minimum absolute atomic E-state index is 0.0262. The van der Waals surface area contributed by atoms with Gasteiger partial charge in [0.05, 0.1) is 6.54 Å². The second-order valence-electron chi connectivity index (χ2n) is 19.8. The van der Waals surface area contributed by atoms with Crippen LogP contribution < -0.4 is 43.3 Å². The first-order valence-corrected chi connectivity index (χ1v) is 19.5. The van der Waals surface area contributed by atoms with E-state index in [-0.39, 0.29) is 33.2 Å². The number of nitrogens with one attached hydrogen (secondary N) is 7. The Balaban J connectivity index is 1.53. The van der Waals surface area contributed by atoms with Gasteiger partial charge in [0.25, 0.3) is 0 Å². The molecule has 4 rings (SSSR count). The van der Waals surface area contributed by atoms with Gasteiger partial charge in [-0.2, -0.15) is 0 Å². The summed E-state index contributed by atoms with van der Waals surface area (Å²) in [5.41, 5.74) is 17.2. The molecule has 0 aromatic carbocycles. The molecular weight excluding hydrogens is 610 g/mol. The van der Waals surface area contributed by atoms with Crippen LogP contribution in [0.25, 0.3) is 0 Å². The summed E-state index contributed by atoms with van der Waals surface area (Å²) in [4.78, 5) is 7.77. The number of unbranched alkanes of at least 4 members (excludes halogenated alkanes) is 1. The summed E-state index contributed by atoms with van der Waals surface area (Å²) in [6.45, 7) is 32.1. The zero-order valence-electron chi connectivity index (χ0n) is 33.6. The van der Waals surface area contributed by atoms with Crippen LogP contribution in [0.3, 0.4) is 0 Å². The molecule has 4 aliphatic rings. The smallest absolute Gasteiger partial charge is 0.141 e. The molecule has 0 aliphatic carbocycles. The molecule has 11 nitrogen and oxygen atoms in total. The van der Waals surface area contributed by atoms with Crippen LogP contribution in [0.5, 0.6) is 0 Å². The Morgan fingerprint density at radius 1 is 0.694 bits per heavy atom. The summed E-state index contributed by atoms with van der Waals surface area (Å²) >= 11 is 0. The summed E-state index contributed by atoms with van der Waals surface area (Å²) in [5.74, 6) is 2.76.